The SMILES string of the molecule is O=C(Cc1cccc(O)c1)N/N=C/c1cc(Cl)cc(Cl)c1O. The van der Waals surface area contributed by atoms with E-state index in [1.807, 2.05) is 0 Å². The third-order valence-electron chi connectivity index (χ3n) is 2.73. The zero-order chi connectivity index (χ0) is 16.1. The Morgan fingerprint density at radius 1 is 1.23 bits per heavy atom. The molecule has 0 aliphatic rings. The van der Waals surface area contributed by atoms with Gasteiger partial charge in [-0.2, -0.15) is 5.10 Å². The number of aromatic hydroxyl groups is 2. The maximum absolute atomic E-state index is 11.7. The molecule has 0 bridgehead atoms. The number of rotatable bonds is 4. The Hall–Kier alpha value is -2.24. The van der Waals surface area contributed by atoms with Gasteiger partial charge in [0.1, 0.15) is 11.5 Å². The van der Waals surface area contributed by atoms with Gasteiger partial charge in [0.15, 0.2) is 0 Å². The molecule has 0 aliphatic carbocycles. The molecule has 3 N–H and O–H groups in total. The van der Waals surface area contributed by atoms with Crippen molar-refractivity contribution in [1.29, 1.82) is 0 Å². The lowest BCUT2D eigenvalue weighted by Gasteiger charge is -2.03. The van der Waals surface area contributed by atoms with Crippen molar-refractivity contribution in [3.63, 3.8) is 0 Å². The monoisotopic (exact) mass is 338 g/mol. The van der Waals surface area contributed by atoms with E-state index in [2.05, 4.69) is 10.5 Å². The second-order valence-electron chi connectivity index (χ2n) is 4.47. The Morgan fingerprint density at radius 3 is 2.73 bits per heavy atom. The Labute approximate surface area is 136 Å². The zero-order valence-corrected chi connectivity index (χ0v) is 12.8. The lowest BCUT2D eigenvalue weighted by atomic mass is 10.1. The van der Waals surface area contributed by atoms with E-state index in [9.17, 15) is 15.0 Å². The van der Waals surface area contributed by atoms with E-state index in [1.54, 1.807) is 12.1 Å². The highest BCUT2D eigenvalue weighted by atomic mass is 35.5. The molecule has 0 aliphatic heterocycles. The number of amides is 1. The summed E-state index contributed by atoms with van der Waals surface area (Å²) in [5.74, 6) is -0.446. The summed E-state index contributed by atoms with van der Waals surface area (Å²) < 4.78 is 0. The maximum atomic E-state index is 11.7. The first-order chi connectivity index (χ1) is 10.5. The van der Waals surface area contributed by atoms with E-state index < -0.39 is 0 Å². The molecule has 0 saturated heterocycles. The number of hydrogen-bond donors (Lipinski definition) is 3. The molecule has 1 amide bonds. The average molecular weight is 339 g/mol. The Bertz CT molecular complexity index is 733. The van der Waals surface area contributed by atoms with Crippen molar-refractivity contribution >= 4 is 35.3 Å². The molecule has 2 aromatic rings. The van der Waals surface area contributed by atoms with Crippen molar-refractivity contribution in [3.8, 4) is 11.5 Å². The van der Waals surface area contributed by atoms with Crippen molar-refractivity contribution < 1.29 is 15.0 Å². The van der Waals surface area contributed by atoms with Crippen LogP contribution in [0.2, 0.25) is 10.0 Å². The number of carbonyl (C=O) groups is 1. The Balaban J connectivity index is 1.99. The van der Waals surface area contributed by atoms with Gasteiger partial charge in [0, 0.05) is 10.6 Å². The van der Waals surface area contributed by atoms with Crippen molar-refractivity contribution in [2.45, 2.75) is 6.42 Å². The average Bonchev–Trinajstić information content (AvgIpc) is 2.44. The molecule has 5 nitrogen and oxygen atoms in total. The molecular weight excluding hydrogens is 327 g/mol. The van der Waals surface area contributed by atoms with Crippen LogP contribution in [-0.4, -0.2) is 22.3 Å². The second kappa shape index (κ2) is 7.15. The maximum Gasteiger partial charge on any atom is 0.244 e. The number of carbonyl (C=O) groups excluding carboxylic acids is 1. The minimum absolute atomic E-state index is 0.0635. The molecule has 0 unspecified atom stereocenters. The normalized spacial score (nSPS) is 10.8. The zero-order valence-electron chi connectivity index (χ0n) is 11.3. The van der Waals surface area contributed by atoms with E-state index in [4.69, 9.17) is 23.2 Å². The van der Waals surface area contributed by atoms with Gasteiger partial charge in [-0.25, -0.2) is 5.43 Å². The highest BCUT2D eigenvalue weighted by Crippen LogP contribution is 2.29. The van der Waals surface area contributed by atoms with E-state index >= 15 is 0 Å². The quantitative estimate of drug-likeness (QED) is 0.591. The van der Waals surface area contributed by atoms with Gasteiger partial charge in [0.05, 0.1) is 17.7 Å². The van der Waals surface area contributed by atoms with Crippen LogP contribution in [0.25, 0.3) is 0 Å². The van der Waals surface area contributed by atoms with Gasteiger partial charge >= 0.3 is 0 Å². The largest absolute Gasteiger partial charge is 0.508 e. The first-order valence-electron chi connectivity index (χ1n) is 6.23. The van der Waals surface area contributed by atoms with Crippen LogP contribution in [0.15, 0.2) is 41.5 Å². The number of phenolic OH excluding ortho intramolecular Hbond substituents is 2. The predicted molar refractivity (Wildman–Crippen MR) is 85.7 cm³/mol. The smallest absolute Gasteiger partial charge is 0.244 e. The topological polar surface area (TPSA) is 81.9 Å². The molecule has 114 valence electrons. The molecule has 0 saturated carbocycles. The molecule has 22 heavy (non-hydrogen) atoms. The summed E-state index contributed by atoms with van der Waals surface area (Å²) in [4.78, 5) is 11.7. The summed E-state index contributed by atoms with van der Waals surface area (Å²) in [6, 6.07) is 9.24. The molecule has 2 aromatic carbocycles. The van der Waals surface area contributed by atoms with Gasteiger partial charge in [-0.1, -0.05) is 35.3 Å². The van der Waals surface area contributed by atoms with Crippen LogP contribution in [-0.2, 0) is 11.2 Å². The molecule has 0 aromatic heterocycles. The summed E-state index contributed by atoms with van der Waals surface area (Å²) in [5, 5.41) is 23.2. The van der Waals surface area contributed by atoms with Crippen molar-refractivity contribution in [1.82, 2.24) is 5.43 Å². The van der Waals surface area contributed by atoms with E-state index in [0.717, 1.165) is 0 Å². The van der Waals surface area contributed by atoms with Gasteiger partial charge < -0.3 is 10.2 Å². The highest BCUT2D eigenvalue weighted by molar-refractivity contribution is 6.36. The molecule has 0 heterocycles. The second-order valence-corrected chi connectivity index (χ2v) is 5.31. The number of benzene rings is 2. The van der Waals surface area contributed by atoms with Crippen LogP contribution in [0.5, 0.6) is 11.5 Å². The minimum Gasteiger partial charge on any atom is -0.508 e. The van der Waals surface area contributed by atoms with Crippen molar-refractivity contribution in [3.05, 3.63) is 57.6 Å². The third-order valence-corrected chi connectivity index (χ3v) is 3.23. The summed E-state index contributed by atoms with van der Waals surface area (Å²) in [6.45, 7) is 0. The predicted octanol–water partition coefficient (Wildman–Crippen LogP) is 3.10. The fourth-order valence-electron chi connectivity index (χ4n) is 1.75. The van der Waals surface area contributed by atoms with Gasteiger partial charge in [0.2, 0.25) is 5.91 Å². The van der Waals surface area contributed by atoms with Crippen LogP contribution in [0.3, 0.4) is 0 Å². The van der Waals surface area contributed by atoms with Crippen LogP contribution < -0.4 is 5.43 Å². The van der Waals surface area contributed by atoms with Crippen LogP contribution >= 0.6 is 23.2 Å². The van der Waals surface area contributed by atoms with Crippen LogP contribution in [0.4, 0.5) is 0 Å². The number of nitrogens with one attached hydrogen (secondary N) is 1. The standard InChI is InChI=1S/C15H12Cl2N2O3/c16-11-6-10(15(22)13(17)7-11)8-18-19-14(21)5-9-2-1-3-12(20)4-9/h1-4,6-8,20,22H,5H2,(H,19,21)/b18-8+. The summed E-state index contributed by atoms with van der Waals surface area (Å²) in [5.41, 5.74) is 3.26. The molecule has 0 spiro atoms. The molecular formula is C15H12Cl2N2O3. The number of hydrazone groups is 1. The highest BCUT2D eigenvalue weighted by Gasteiger charge is 2.06. The van der Waals surface area contributed by atoms with Crippen molar-refractivity contribution in [2.75, 3.05) is 0 Å². The Kier molecular flexibility index (Phi) is 5.25. The Morgan fingerprint density at radius 2 is 2.00 bits per heavy atom. The van der Waals surface area contributed by atoms with Crippen LogP contribution in [0.1, 0.15) is 11.1 Å². The third kappa shape index (κ3) is 4.38. The van der Waals surface area contributed by atoms with E-state index in [1.165, 1.54) is 30.5 Å². The summed E-state index contributed by atoms with van der Waals surface area (Å²) in [6.07, 6.45) is 1.31. The fourth-order valence-corrected chi connectivity index (χ4v) is 2.26. The van der Waals surface area contributed by atoms with Gasteiger partial charge in [-0.3, -0.25) is 4.79 Å². The first kappa shape index (κ1) is 16.1. The van der Waals surface area contributed by atoms with Gasteiger partial charge in [0.25, 0.3) is 0 Å². The number of nitrogens with zero attached hydrogens (tertiary/aromatic N) is 1. The lowest BCUT2D eigenvalue weighted by molar-refractivity contribution is -0.120. The van der Waals surface area contributed by atoms with Gasteiger partial charge in [-0.15, -0.1) is 0 Å². The number of hydrogen-bond acceptors (Lipinski definition) is 4. The van der Waals surface area contributed by atoms with Crippen molar-refractivity contribution in [2.24, 2.45) is 5.10 Å². The summed E-state index contributed by atoms with van der Waals surface area (Å²) >= 11 is 11.6. The minimum atomic E-state index is -0.366. The molecule has 2 rings (SSSR count). The van der Waals surface area contributed by atoms with Crippen LogP contribution in [0, 0.1) is 0 Å². The summed E-state index contributed by atoms with van der Waals surface area (Å²) in [7, 11) is 0. The lowest BCUT2D eigenvalue weighted by Crippen LogP contribution is -2.19. The number of phenols is 2. The van der Waals surface area contributed by atoms with Gasteiger partial charge in [-0.05, 0) is 29.8 Å². The molecule has 7 heteroatoms. The molecule has 0 radical (unpaired) electrons. The number of halogens is 2. The molecule has 0 fully saturated rings. The molecule has 0 atom stereocenters. The van der Waals surface area contributed by atoms with E-state index in [0.29, 0.717) is 10.6 Å². The van der Waals surface area contributed by atoms with E-state index in [-0.39, 0.29) is 34.4 Å². The fraction of sp³-hybridized carbons (Fsp3) is 0.0667. The first-order valence-corrected chi connectivity index (χ1v) is 6.99.